The molecular formula is C12H16BrClN2. The Morgan fingerprint density at radius 1 is 1.25 bits per heavy atom. The van der Waals surface area contributed by atoms with Gasteiger partial charge in [0.15, 0.2) is 0 Å². The van der Waals surface area contributed by atoms with E-state index in [1.165, 1.54) is 38.5 Å². The Morgan fingerprint density at radius 3 is 2.56 bits per heavy atom. The predicted molar refractivity (Wildman–Crippen MR) is 72.1 cm³/mol. The summed E-state index contributed by atoms with van der Waals surface area (Å²) in [7, 11) is 0. The number of halogens is 2. The van der Waals surface area contributed by atoms with Gasteiger partial charge >= 0.3 is 0 Å². The van der Waals surface area contributed by atoms with Gasteiger partial charge in [-0.25, -0.2) is 4.98 Å². The second kappa shape index (κ2) is 5.87. The maximum atomic E-state index is 6.13. The van der Waals surface area contributed by atoms with Gasteiger partial charge in [-0.3, -0.25) is 0 Å². The first kappa shape index (κ1) is 12.2. The van der Waals surface area contributed by atoms with Crippen molar-refractivity contribution in [3.8, 4) is 0 Å². The number of rotatable bonds is 2. The van der Waals surface area contributed by atoms with E-state index < -0.39 is 0 Å². The summed E-state index contributed by atoms with van der Waals surface area (Å²) in [6.07, 6.45) is 9.59. The minimum absolute atomic E-state index is 0.536. The third-order valence-corrected chi connectivity index (χ3v) is 3.73. The highest BCUT2D eigenvalue weighted by atomic mass is 79.9. The lowest BCUT2D eigenvalue weighted by atomic mass is 10.1. The lowest BCUT2D eigenvalue weighted by Crippen LogP contribution is -2.19. The fraction of sp³-hybridized carbons (Fsp3) is 0.583. The van der Waals surface area contributed by atoms with Crippen molar-refractivity contribution in [2.24, 2.45) is 0 Å². The van der Waals surface area contributed by atoms with Crippen molar-refractivity contribution in [2.45, 2.75) is 44.6 Å². The molecule has 1 heterocycles. The molecule has 0 spiro atoms. The molecule has 1 aromatic heterocycles. The van der Waals surface area contributed by atoms with Crippen molar-refractivity contribution >= 4 is 33.3 Å². The van der Waals surface area contributed by atoms with Gasteiger partial charge < -0.3 is 5.32 Å². The first-order valence-corrected chi connectivity index (χ1v) is 7.00. The number of nitrogens with zero attached hydrogens (tertiary/aromatic N) is 1. The number of pyridine rings is 1. The molecule has 1 N–H and O–H groups in total. The van der Waals surface area contributed by atoms with Crippen LogP contribution in [0.25, 0.3) is 0 Å². The maximum absolute atomic E-state index is 6.13. The van der Waals surface area contributed by atoms with Gasteiger partial charge in [-0.1, -0.05) is 37.3 Å². The number of nitrogens with one attached hydrogen (secondary N) is 1. The smallest absolute Gasteiger partial charge is 0.145 e. The Hall–Kier alpha value is -0.280. The van der Waals surface area contributed by atoms with Crippen molar-refractivity contribution in [2.75, 3.05) is 5.32 Å². The van der Waals surface area contributed by atoms with Crippen LogP contribution in [0, 0.1) is 0 Å². The monoisotopic (exact) mass is 302 g/mol. The Balaban J connectivity index is 2.01. The second-order valence-electron chi connectivity index (χ2n) is 4.32. The number of anilines is 1. The largest absolute Gasteiger partial charge is 0.366 e. The molecule has 1 aliphatic carbocycles. The molecule has 0 saturated heterocycles. The number of hydrogen-bond acceptors (Lipinski definition) is 2. The van der Waals surface area contributed by atoms with Crippen LogP contribution in [0.4, 0.5) is 5.82 Å². The molecule has 0 radical (unpaired) electrons. The molecule has 1 aliphatic rings. The van der Waals surface area contributed by atoms with Gasteiger partial charge in [0, 0.05) is 16.7 Å². The molecule has 2 rings (SSSR count). The van der Waals surface area contributed by atoms with Gasteiger partial charge in [-0.05, 0) is 34.8 Å². The van der Waals surface area contributed by atoms with Crippen LogP contribution in [0.1, 0.15) is 38.5 Å². The van der Waals surface area contributed by atoms with Crippen molar-refractivity contribution in [3.05, 3.63) is 21.8 Å². The summed E-state index contributed by atoms with van der Waals surface area (Å²) in [5.41, 5.74) is 0. The zero-order valence-electron chi connectivity index (χ0n) is 9.18. The average Bonchev–Trinajstić information content (AvgIpc) is 2.51. The summed E-state index contributed by atoms with van der Waals surface area (Å²) >= 11 is 9.49. The summed E-state index contributed by atoms with van der Waals surface area (Å²) in [6, 6.07) is 2.42. The van der Waals surface area contributed by atoms with E-state index in [1.54, 1.807) is 6.20 Å². The lowest BCUT2D eigenvalue weighted by molar-refractivity contribution is 0.618. The maximum Gasteiger partial charge on any atom is 0.145 e. The predicted octanol–water partition coefficient (Wildman–Crippen LogP) is 4.63. The van der Waals surface area contributed by atoms with E-state index in [0.717, 1.165) is 10.3 Å². The highest BCUT2D eigenvalue weighted by Crippen LogP contribution is 2.26. The van der Waals surface area contributed by atoms with Gasteiger partial charge in [0.25, 0.3) is 0 Å². The van der Waals surface area contributed by atoms with Crippen LogP contribution in [-0.2, 0) is 0 Å². The van der Waals surface area contributed by atoms with Gasteiger partial charge in [0.05, 0.1) is 5.02 Å². The van der Waals surface area contributed by atoms with Crippen molar-refractivity contribution in [3.63, 3.8) is 0 Å². The van der Waals surface area contributed by atoms with Gasteiger partial charge in [-0.15, -0.1) is 0 Å². The normalized spacial score (nSPS) is 18.1. The molecule has 0 aliphatic heterocycles. The van der Waals surface area contributed by atoms with Crippen molar-refractivity contribution in [1.82, 2.24) is 4.98 Å². The standard InChI is InChI=1S/C12H16BrClN2/c13-9-7-11(14)12(15-8-9)16-10-5-3-1-2-4-6-10/h7-8,10H,1-6H2,(H,15,16). The summed E-state index contributed by atoms with van der Waals surface area (Å²) in [5.74, 6) is 0.816. The molecule has 0 amide bonds. The Kier molecular flexibility index (Phi) is 4.47. The molecular weight excluding hydrogens is 288 g/mol. The highest BCUT2D eigenvalue weighted by Gasteiger charge is 2.13. The molecule has 2 nitrogen and oxygen atoms in total. The molecule has 0 aromatic carbocycles. The van der Waals surface area contributed by atoms with E-state index in [4.69, 9.17) is 11.6 Å². The van der Waals surface area contributed by atoms with E-state index in [1.807, 2.05) is 6.07 Å². The van der Waals surface area contributed by atoms with E-state index in [-0.39, 0.29) is 0 Å². The quantitative estimate of drug-likeness (QED) is 0.806. The van der Waals surface area contributed by atoms with E-state index in [2.05, 4.69) is 26.2 Å². The Labute approximate surface area is 110 Å². The van der Waals surface area contributed by atoms with E-state index in [0.29, 0.717) is 11.1 Å². The van der Waals surface area contributed by atoms with Crippen LogP contribution in [0.5, 0.6) is 0 Å². The van der Waals surface area contributed by atoms with Gasteiger partial charge in [-0.2, -0.15) is 0 Å². The van der Waals surface area contributed by atoms with E-state index >= 15 is 0 Å². The van der Waals surface area contributed by atoms with Crippen LogP contribution >= 0.6 is 27.5 Å². The summed E-state index contributed by atoms with van der Waals surface area (Å²) in [4.78, 5) is 4.31. The van der Waals surface area contributed by atoms with Crippen LogP contribution in [0.2, 0.25) is 5.02 Å². The fourth-order valence-electron chi connectivity index (χ4n) is 2.14. The van der Waals surface area contributed by atoms with Crippen LogP contribution in [0.3, 0.4) is 0 Å². The molecule has 1 aromatic rings. The van der Waals surface area contributed by atoms with Crippen molar-refractivity contribution in [1.29, 1.82) is 0 Å². The molecule has 16 heavy (non-hydrogen) atoms. The second-order valence-corrected chi connectivity index (χ2v) is 5.64. The third-order valence-electron chi connectivity index (χ3n) is 3.00. The van der Waals surface area contributed by atoms with E-state index in [9.17, 15) is 0 Å². The number of aromatic nitrogens is 1. The molecule has 0 unspecified atom stereocenters. The summed E-state index contributed by atoms with van der Waals surface area (Å²) in [5, 5.41) is 4.15. The Bertz CT molecular complexity index is 349. The lowest BCUT2D eigenvalue weighted by Gasteiger charge is -2.17. The fourth-order valence-corrected chi connectivity index (χ4v) is 2.82. The zero-order valence-corrected chi connectivity index (χ0v) is 11.5. The van der Waals surface area contributed by atoms with Gasteiger partial charge in [0.1, 0.15) is 5.82 Å². The van der Waals surface area contributed by atoms with Gasteiger partial charge in [0.2, 0.25) is 0 Å². The SMILES string of the molecule is Clc1cc(Br)cnc1NC1CCCCCC1. The Morgan fingerprint density at radius 2 is 1.94 bits per heavy atom. The molecule has 88 valence electrons. The van der Waals surface area contributed by atoms with Crippen LogP contribution in [-0.4, -0.2) is 11.0 Å². The molecule has 1 saturated carbocycles. The topological polar surface area (TPSA) is 24.9 Å². The highest BCUT2D eigenvalue weighted by molar-refractivity contribution is 9.10. The summed E-state index contributed by atoms with van der Waals surface area (Å²) < 4.78 is 0.920. The van der Waals surface area contributed by atoms with Crippen molar-refractivity contribution < 1.29 is 0 Å². The molecule has 0 atom stereocenters. The summed E-state index contributed by atoms with van der Waals surface area (Å²) in [6.45, 7) is 0. The molecule has 1 fully saturated rings. The zero-order chi connectivity index (χ0) is 11.4. The van der Waals surface area contributed by atoms with Crippen LogP contribution in [0.15, 0.2) is 16.7 Å². The molecule has 0 bridgehead atoms. The third kappa shape index (κ3) is 3.36. The molecule has 4 heteroatoms. The minimum atomic E-state index is 0.536. The first-order chi connectivity index (χ1) is 7.75. The minimum Gasteiger partial charge on any atom is -0.366 e. The van der Waals surface area contributed by atoms with Crippen LogP contribution < -0.4 is 5.32 Å². The first-order valence-electron chi connectivity index (χ1n) is 5.83. The average molecular weight is 304 g/mol. The number of hydrogen-bond donors (Lipinski definition) is 1.